The summed E-state index contributed by atoms with van der Waals surface area (Å²) >= 11 is 0. The number of aromatic nitrogens is 3. The van der Waals surface area contributed by atoms with Gasteiger partial charge in [-0.25, -0.2) is 14.3 Å². The number of nitrogens with one attached hydrogen (secondary N) is 2. The normalized spacial score (nSPS) is 19.1. The molecule has 0 spiro atoms. The van der Waals surface area contributed by atoms with E-state index in [1.54, 1.807) is 72.8 Å². The first-order valence-corrected chi connectivity index (χ1v) is 15.4. The minimum atomic E-state index is -1.87. The average molecular weight is 626 g/mol. The number of aromatic amines is 1. The Bertz CT molecular complexity index is 1920. The van der Waals surface area contributed by atoms with Crippen LogP contribution in [0.15, 0.2) is 106 Å². The highest BCUT2D eigenvalue weighted by molar-refractivity contribution is 7.86. The zero-order valence-electron chi connectivity index (χ0n) is 23.9. The first-order chi connectivity index (χ1) is 21.7. The second-order valence-electron chi connectivity index (χ2n) is 10.5. The number of carbonyl (C=O) groups excluding carboxylic acids is 3. The number of hydrogen-bond acceptors (Lipinski definition) is 8. The molecular weight excluding hydrogens is 598 g/mol. The third kappa shape index (κ3) is 5.77. The molecule has 4 aromatic rings. The van der Waals surface area contributed by atoms with E-state index in [4.69, 9.17) is 4.74 Å². The molecule has 12 nitrogen and oxygen atoms in total. The fraction of sp³-hybridized carbons (Fsp3) is 0.188. The van der Waals surface area contributed by atoms with Crippen molar-refractivity contribution in [2.45, 2.75) is 23.9 Å². The number of fused-ring (bicyclic) bond motifs is 1. The Morgan fingerprint density at radius 3 is 2.13 bits per heavy atom. The van der Waals surface area contributed by atoms with E-state index in [2.05, 4.69) is 15.4 Å². The molecule has 0 saturated carbocycles. The lowest BCUT2D eigenvalue weighted by Crippen LogP contribution is -2.73. The molecule has 2 N–H and O–H groups in total. The fourth-order valence-electron chi connectivity index (χ4n) is 5.38. The summed E-state index contributed by atoms with van der Waals surface area (Å²) in [5.74, 6) is -2.49. The van der Waals surface area contributed by atoms with Crippen molar-refractivity contribution in [2.24, 2.45) is 7.05 Å². The molecular formula is C32H27N5O7S. The third-order valence-corrected chi connectivity index (χ3v) is 9.13. The van der Waals surface area contributed by atoms with Crippen molar-refractivity contribution in [3.8, 4) is 0 Å². The van der Waals surface area contributed by atoms with Gasteiger partial charge in [-0.1, -0.05) is 91.0 Å². The summed E-state index contributed by atoms with van der Waals surface area (Å²) < 4.78 is 20.5. The van der Waals surface area contributed by atoms with Gasteiger partial charge in [-0.2, -0.15) is 5.10 Å². The van der Waals surface area contributed by atoms with Gasteiger partial charge in [0.1, 0.15) is 17.1 Å². The van der Waals surface area contributed by atoms with Crippen molar-refractivity contribution >= 4 is 34.2 Å². The summed E-state index contributed by atoms with van der Waals surface area (Å²) in [6.07, 6.45) is -0.906. The van der Waals surface area contributed by atoms with E-state index < -0.39 is 57.4 Å². The second-order valence-corrected chi connectivity index (χ2v) is 12.0. The van der Waals surface area contributed by atoms with Gasteiger partial charge in [0, 0.05) is 12.6 Å². The molecule has 3 aromatic carbocycles. The molecule has 228 valence electrons. The molecule has 2 aliphatic rings. The number of hydrogen-bond donors (Lipinski definition) is 2. The van der Waals surface area contributed by atoms with Crippen LogP contribution in [0, 0.1) is 0 Å². The molecule has 45 heavy (non-hydrogen) atoms. The molecule has 3 heterocycles. The van der Waals surface area contributed by atoms with Crippen molar-refractivity contribution in [2.75, 3.05) is 5.75 Å². The van der Waals surface area contributed by atoms with E-state index in [1.807, 2.05) is 18.2 Å². The van der Waals surface area contributed by atoms with Crippen LogP contribution in [0.5, 0.6) is 0 Å². The van der Waals surface area contributed by atoms with E-state index >= 15 is 0 Å². The molecule has 3 atom stereocenters. The predicted octanol–water partition coefficient (Wildman–Crippen LogP) is 1.17. The number of esters is 1. The second kappa shape index (κ2) is 12.3. The summed E-state index contributed by atoms with van der Waals surface area (Å²) in [7, 11) is -0.568. The first kappa shape index (κ1) is 29.6. The summed E-state index contributed by atoms with van der Waals surface area (Å²) in [6.45, 7) is 0. The van der Waals surface area contributed by atoms with Crippen LogP contribution in [0.3, 0.4) is 0 Å². The maximum Gasteiger partial charge on any atom is 0.356 e. The Kier molecular flexibility index (Phi) is 8.09. The van der Waals surface area contributed by atoms with Gasteiger partial charge in [0.25, 0.3) is 11.5 Å². The lowest BCUT2D eigenvalue weighted by Gasteiger charge is -2.49. The molecule has 2 unspecified atom stereocenters. The van der Waals surface area contributed by atoms with Gasteiger partial charge in [0.05, 0.1) is 23.0 Å². The van der Waals surface area contributed by atoms with Crippen molar-refractivity contribution in [1.29, 1.82) is 0 Å². The van der Waals surface area contributed by atoms with Crippen molar-refractivity contribution in [3.63, 3.8) is 0 Å². The zero-order chi connectivity index (χ0) is 31.7. The van der Waals surface area contributed by atoms with Gasteiger partial charge in [-0.15, -0.1) is 0 Å². The number of H-pyrrole nitrogens is 1. The minimum Gasteiger partial charge on any atom is -0.448 e. The minimum absolute atomic E-state index is 0.00681. The van der Waals surface area contributed by atoms with Crippen LogP contribution in [0.25, 0.3) is 5.57 Å². The van der Waals surface area contributed by atoms with Crippen LogP contribution in [-0.4, -0.2) is 58.8 Å². The van der Waals surface area contributed by atoms with Crippen LogP contribution < -0.4 is 16.6 Å². The zero-order valence-corrected chi connectivity index (χ0v) is 24.7. The topological polar surface area (TPSA) is 161 Å². The molecule has 6 rings (SSSR count). The maximum absolute atomic E-state index is 14.1. The van der Waals surface area contributed by atoms with E-state index in [9.17, 15) is 28.2 Å². The Morgan fingerprint density at radius 2 is 1.53 bits per heavy atom. The van der Waals surface area contributed by atoms with Gasteiger partial charge < -0.3 is 10.1 Å². The molecule has 1 saturated heterocycles. The van der Waals surface area contributed by atoms with Crippen LogP contribution >= 0.6 is 0 Å². The number of carbonyl (C=O) groups is 3. The molecule has 13 heteroatoms. The van der Waals surface area contributed by atoms with E-state index in [-0.39, 0.29) is 29.1 Å². The Labute approximate surface area is 258 Å². The lowest BCUT2D eigenvalue weighted by molar-refractivity contribution is -0.154. The number of nitrogens with zero attached hydrogens (tertiary/aromatic N) is 3. The van der Waals surface area contributed by atoms with E-state index in [0.717, 1.165) is 15.1 Å². The van der Waals surface area contributed by atoms with Gasteiger partial charge >= 0.3 is 11.7 Å². The summed E-state index contributed by atoms with van der Waals surface area (Å²) in [5, 5.41) is 5.59. The average Bonchev–Trinajstić information content (AvgIpc) is 3.05. The van der Waals surface area contributed by atoms with Crippen molar-refractivity contribution < 1.29 is 23.3 Å². The Balaban J connectivity index is 1.39. The molecule has 1 aromatic heterocycles. The maximum atomic E-state index is 14.1. The van der Waals surface area contributed by atoms with Crippen molar-refractivity contribution in [3.05, 3.63) is 140 Å². The van der Waals surface area contributed by atoms with Gasteiger partial charge in [-0.3, -0.25) is 28.5 Å². The largest absolute Gasteiger partial charge is 0.448 e. The Morgan fingerprint density at radius 1 is 0.956 bits per heavy atom. The Hall–Kier alpha value is -5.43. The molecule has 2 aliphatic heterocycles. The molecule has 1 fully saturated rings. The fourth-order valence-corrected chi connectivity index (χ4v) is 7.04. The predicted molar refractivity (Wildman–Crippen MR) is 164 cm³/mol. The highest BCUT2D eigenvalue weighted by Crippen LogP contribution is 2.39. The highest BCUT2D eigenvalue weighted by atomic mass is 32.2. The first-order valence-electron chi connectivity index (χ1n) is 14.0. The van der Waals surface area contributed by atoms with E-state index in [0.29, 0.717) is 11.1 Å². The van der Waals surface area contributed by atoms with Crippen LogP contribution in [0.1, 0.15) is 28.5 Å². The van der Waals surface area contributed by atoms with Gasteiger partial charge in [0.15, 0.2) is 11.8 Å². The summed E-state index contributed by atoms with van der Waals surface area (Å²) in [5.41, 5.74) is -0.488. The lowest BCUT2D eigenvalue weighted by atomic mass is 9.99. The van der Waals surface area contributed by atoms with E-state index in [1.165, 1.54) is 7.05 Å². The summed E-state index contributed by atoms with van der Waals surface area (Å²) in [6, 6.07) is 25.7. The number of ether oxygens (including phenoxy) is 1. The SMILES string of the molecule is Cn1nc(C2=C(C(=O)OC(c3ccccc3)c3ccccc3)N3C(=O)C(NC(=O)Cc4ccccc4)[C@H]3S(=O)C2)c(=O)[nH]c1=O. The van der Waals surface area contributed by atoms with Crippen LogP contribution in [0.2, 0.25) is 0 Å². The van der Waals surface area contributed by atoms with Crippen LogP contribution in [0.4, 0.5) is 0 Å². The molecule has 0 bridgehead atoms. The van der Waals surface area contributed by atoms with Gasteiger partial charge in [-0.05, 0) is 16.7 Å². The smallest absolute Gasteiger partial charge is 0.356 e. The van der Waals surface area contributed by atoms with Crippen molar-refractivity contribution in [1.82, 2.24) is 25.0 Å². The molecule has 0 aliphatic carbocycles. The molecule has 0 radical (unpaired) electrons. The summed E-state index contributed by atoms with van der Waals surface area (Å²) in [4.78, 5) is 68.7. The number of aryl methyl sites for hydroxylation is 1. The number of amides is 2. The third-order valence-electron chi connectivity index (χ3n) is 7.54. The quantitative estimate of drug-likeness (QED) is 0.218. The number of rotatable bonds is 8. The number of benzene rings is 3. The molecule has 2 amide bonds. The number of β-lactam (4-membered cyclic amide) rings is 1. The standard InChI is InChI=1S/C32H27N5O7S/c1-36-32(42)34-28(39)24(35-36)22-18-45(43)30-25(33-23(38)17-19-11-5-2-6-12-19)29(40)37(30)26(22)31(41)44-27(20-13-7-3-8-14-20)21-15-9-4-10-16-21/h2-16,25,27,30H,17-18H2,1H3,(H,33,38)(H,34,39,42)/t25?,30-,45?/m1/s1. The van der Waals surface area contributed by atoms with Crippen LogP contribution in [-0.2, 0) is 43.4 Å². The van der Waals surface area contributed by atoms with Gasteiger partial charge in [0.2, 0.25) is 5.91 Å². The highest BCUT2D eigenvalue weighted by Gasteiger charge is 2.58. The monoisotopic (exact) mass is 625 g/mol.